The van der Waals surface area contributed by atoms with Crippen LogP contribution in [0, 0.1) is 11.3 Å². The lowest BCUT2D eigenvalue weighted by molar-refractivity contribution is -0.266. The first-order chi connectivity index (χ1) is 10.7. The largest absolute Gasteiger partial charge is 0.453 e. The van der Waals surface area contributed by atoms with E-state index in [-0.39, 0.29) is 11.8 Å². The molecule has 128 valence electrons. The van der Waals surface area contributed by atoms with Crippen LogP contribution in [-0.2, 0) is 14.3 Å². The van der Waals surface area contributed by atoms with Gasteiger partial charge in [0, 0.05) is 10.3 Å². The molecular weight excluding hydrogens is 409 g/mol. The maximum atomic E-state index is 12.8. The highest BCUT2D eigenvalue weighted by molar-refractivity contribution is 14.1. The number of rotatable bonds is 4. The first-order valence-corrected chi connectivity index (χ1v) is 9.71. The van der Waals surface area contributed by atoms with Crippen LogP contribution in [-0.4, -0.2) is 38.2 Å². The third-order valence-electron chi connectivity index (χ3n) is 6.50. The molecule has 2 aliphatic heterocycles. The third kappa shape index (κ3) is 1.82. The monoisotopic (exact) mass is 433 g/mol. The van der Waals surface area contributed by atoms with Crippen molar-refractivity contribution in [3.63, 3.8) is 0 Å². The van der Waals surface area contributed by atoms with Gasteiger partial charge < -0.3 is 15.2 Å². The number of nitrogens with one attached hydrogen (secondary N) is 1. The number of carbonyl (C=O) groups excluding carboxylic acids is 2. The molecule has 23 heavy (non-hydrogen) atoms. The molecule has 0 aromatic rings. The Hall–Kier alpha value is -0.630. The second kappa shape index (κ2) is 5.18. The number of ether oxygens (including phenoxy) is 1. The smallest absolute Gasteiger partial charge is 0.339 e. The van der Waals surface area contributed by atoms with Gasteiger partial charge in [0.2, 0.25) is 11.4 Å². The van der Waals surface area contributed by atoms with Gasteiger partial charge in [-0.15, -0.1) is 0 Å². The molecule has 6 heteroatoms. The first-order valence-electron chi connectivity index (χ1n) is 8.18. The van der Waals surface area contributed by atoms with Crippen molar-refractivity contribution in [1.29, 1.82) is 0 Å². The number of aliphatic hydroxyl groups is 1. The molecule has 2 saturated heterocycles. The summed E-state index contributed by atoms with van der Waals surface area (Å²) >= 11 is 2.23. The molecule has 2 N–H and O–H groups in total. The Morgan fingerprint density at radius 2 is 2.17 bits per heavy atom. The van der Waals surface area contributed by atoms with E-state index in [1.54, 1.807) is 13.8 Å². The molecule has 1 aliphatic carbocycles. The van der Waals surface area contributed by atoms with E-state index in [1.807, 2.05) is 19.1 Å². The van der Waals surface area contributed by atoms with E-state index in [0.717, 1.165) is 23.7 Å². The maximum absolute atomic E-state index is 12.8. The zero-order valence-electron chi connectivity index (χ0n) is 13.8. The van der Waals surface area contributed by atoms with Crippen molar-refractivity contribution in [3.05, 3.63) is 12.2 Å². The summed E-state index contributed by atoms with van der Waals surface area (Å²) < 4.78 is 6.33. The number of amides is 1. The number of hydrogen-bond donors (Lipinski definition) is 2. The zero-order valence-corrected chi connectivity index (χ0v) is 16.0. The summed E-state index contributed by atoms with van der Waals surface area (Å²) in [6.07, 6.45) is 7.37. The summed E-state index contributed by atoms with van der Waals surface area (Å²) in [7, 11) is 0. The fourth-order valence-corrected chi connectivity index (χ4v) is 5.70. The van der Waals surface area contributed by atoms with Crippen molar-refractivity contribution >= 4 is 34.5 Å². The number of carbonyl (C=O) groups is 2. The van der Waals surface area contributed by atoms with Gasteiger partial charge in [0.05, 0.1) is 5.41 Å². The molecule has 0 bridgehead atoms. The molecular formula is C17H24INO4. The van der Waals surface area contributed by atoms with E-state index in [0.29, 0.717) is 6.42 Å². The summed E-state index contributed by atoms with van der Waals surface area (Å²) in [5.74, 6) is -0.900. The normalized spacial score (nSPS) is 44.8. The van der Waals surface area contributed by atoms with E-state index in [2.05, 4.69) is 27.9 Å². The van der Waals surface area contributed by atoms with Crippen molar-refractivity contribution in [2.24, 2.45) is 11.3 Å². The van der Waals surface area contributed by atoms with Crippen molar-refractivity contribution < 1.29 is 19.4 Å². The molecule has 0 saturated carbocycles. The van der Waals surface area contributed by atoms with Crippen LogP contribution in [0.4, 0.5) is 0 Å². The van der Waals surface area contributed by atoms with Crippen LogP contribution in [0.5, 0.6) is 0 Å². The van der Waals surface area contributed by atoms with Gasteiger partial charge in [0.1, 0.15) is 5.60 Å². The summed E-state index contributed by atoms with van der Waals surface area (Å²) in [5.41, 5.74) is -4.62. The van der Waals surface area contributed by atoms with Crippen LogP contribution in [0.15, 0.2) is 12.2 Å². The molecule has 1 amide bonds. The Labute approximate surface area is 150 Å². The Balaban J connectivity index is 2.09. The molecule has 3 aliphatic rings. The fourth-order valence-electron chi connectivity index (χ4n) is 4.62. The van der Waals surface area contributed by atoms with Crippen LogP contribution >= 0.6 is 22.6 Å². The zero-order chi connectivity index (χ0) is 17.1. The van der Waals surface area contributed by atoms with E-state index in [4.69, 9.17) is 4.74 Å². The lowest BCUT2D eigenvalue weighted by Gasteiger charge is -2.60. The van der Waals surface area contributed by atoms with E-state index in [1.165, 1.54) is 0 Å². The number of alkyl halides is 1. The fraction of sp³-hybridized carbons (Fsp3) is 0.765. The van der Waals surface area contributed by atoms with Crippen molar-refractivity contribution in [3.8, 4) is 0 Å². The number of fused-ring (bicyclic) bond motifs is 1. The van der Waals surface area contributed by atoms with Gasteiger partial charge in [-0.3, -0.25) is 4.79 Å². The minimum absolute atomic E-state index is 0.175. The number of esters is 1. The molecule has 0 aromatic carbocycles. The van der Waals surface area contributed by atoms with Gasteiger partial charge in [0.15, 0.2) is 5.60 Å². The van der Waals surface area contributed by atoms with Gasteiger partial charge in [0.25, 0.3) is 0 Å². The number of halogens is 1. The van der Waals surface area contributed by atoms with Crippen molar-refractivity contribution in [1.82, 2.24) is 5.32 Å². The maximum Gasteiger partial charge on any atom is 0.339 e. The van der Waals surface area contributed by atoms with Crippen LogP contribution in [0.3, 0.4) is 0 Å². The van der Waals surface area contributed by atoms with Gasteiger partial charge in [-0.2, -0.15) is 0 Å². The average Bonchev–Trinajstić information content (AvgIpc) is 2.65. The second-order valence-corrected chi connectivity index (χ2v) is 8.59. The lowest BCUT2D eigenvalue weighted by Crippen LogP contribution is -2.85. The van der Waals surface area contributed by atoms with Gasteiger partial charge >= 0.3 is 5.97 Å². The average molecular weight is 433 g/mol. The standard InChI is InChI=1S/C17H24INO4/c1-14(9-10-18)12(20)19-17(13(21)23-16(14,17)3)15(2,22)11-7-5-4-6-8-11/h5,7,11,22H,4,6,8-10H2,1-3H3,(H,19,20)/t11-,14+,15+,16+,17-/m1/s1. The number of allylic oxidation sites excluding steroid dienone is 1. The molecule has 0 unspecified atom stereocenters. The van der Waals surface area contributed by atoms with Gasteiger partial charge in [-0.05, 0) is 46.5 Å². The molecule has 5 nitrogen and oxygen atoms in total. The molecule has 5 atom stereocenters. The minimum atomic E-state index is -1.38. The van der Waals surface area contributed by atoms with Crippen molar-refractivity contribution in [2.75, 3.05) is 4.43 Å². The van der Waals surface area contributed by atoms with E-state index < -0.39 is 28.1 Å². The highest BCUT2D eigenvalue weighted by Gasteiger charge is 2.86. The first kappa shape index (κ1) is 17.2. The molecule has 0 aromatic heterocycles. The van der Waals surface area contributed by atoms with E-state index >= 15 is 0 Å². The van der Waals surface area contributed by atoms with Gasteiger partial charge in [-0.25, -0.2) is 4.79 Å². The lowest BCUT2D eigenvalue weighted by atomic mass is 9.54. The van der Waals surface area contributed by atoms with E-state index in [9.17, 15) is 14.7 Å². The van der Waals surface area contributed by atoms with Gasteiger partial charge in [-0.1, -0.05) is 34.7 Å². The Bertz CT molecular complexity index is 589. The Morgan fingerprint density at radius 3 is 2.70 bits per heavy atom. The minimum Gasteiger partial charge on any atom is -0.453 e. The number of hydrogen-bond acceptors (Lipinski definition) is 4. The quantitative estimate of drug-likeness (QED) is 0.308. The van der Waals surface area contributed by atoms with Crippen LogP contribution in [0.1, 0.15) is 46.5 Å². The van der Waals surface area contributed by atoms with Crippen LogP contribution < -0.4 is 5.32 Å². The van der Waals surface area contributed by atoms with Crippen LogP contribution in [0.2, 0.25) is 0 Å². The molecule has 0 radical (unpaired) electrons. The molecule has 2 heterocycles. The highest BCUT2D eigenvalue weighted by atomic mass is 127. The summed E-state index contributed by atoms with van der Waals surface area (Å²) in [6, 6.07) is 0. The third-order valence-corrected chi connectivity index (χ3v) is 7.04. The summed E-state index contributed by atoms with van der Waals surface area (Å²) in [4.78, 5) is 25.3. The molecule has 2 fully saturated rings. The highest BCUT2D eigenvalue weighted by Crippen LogP contribution is 2.62. The molecule has 3 rings (SSSR count). The topological polar surface area (TPSA) is 75.6 Å². The molecule has 0 spiro atoms. The SMILES string of the molecule is C[C@@]12OC(=O)[C@]1([C@@](C)(O)[C@@H]1C=CCCC1)NC(=O)[C@]2(C)CCI. The Kier molecular flexibility index (Phi) is 3.87. The predicted molar refractivity (Wildman–Crippen MR) is 94.1 cm³/mol. The van der Waals surface area contributed by atoms with Crippen LogP contribution in [0.25, 0.3) is 0 Å². The predicted octanol–water partition coefficient (Wildman–Crippen LogP) is 2.11. The second-order valence-electron chi connectivity index (χ2n) is 7.51. The van der Waals surface area contributed by atoms with Crippen molar-refractivity contribution in [2.45, 2.75) is 63.2 Å². The summed E-state index contributed by atoms with van der Waals surface area (Å²) in [5, 5.41) is 14.3. The Morgan fingerprint density at radius 1 is 1.48 bits per heavy atom. The summed E-state index contributed by atoms with van der Waals surface area (Å²) in [6.45, 7) is 5.30.